The van der Waals surface area contributed by atoms with Crippen LogP contribution in [0.15, 0.2) is 43.0 Å². The third kappa shape index (κ3) is 4.40. The summed E-state index contributed by atoms with van der Waals surface area (Å²) in [6.07, 6.45) is 1.48. The molecule has 22 heavy (non-hydrogen) atoms. The minimum atomic E-state index is -0.680. The number of ether oxygens (including phenoxy) is 2. The second-order valence-electron chi connectivity index (χ2n) is 6.30. The van der Waals surface area contributed by atoms with Crippen LogP contribution in [0, 0.1) is 0 Å². The molecule has 122 valence electrons. The van der Waals surface area contributed by atoms with Crippen LogP contribution in [-0.2, 0) is 16.0 Å². The molecule has 1 aliphatic heterocycles. The number of aliphatic hydroxyl groups is 1. The quantitative estimate of drug-likeness (QED) is 0.760. The van der Waals surface area contributed by atoms with Gasteiger partial charge < -0.3 is 19.9 Å². The smallest absolute Gasteiger partial charge is 0.163 e. The third-order valence-electron chi connectivity index (χ3n) is 3.87. The molecule has 0 spiro atoms. The maximum Gasteiger partial charge on any atom is 0.163 e. The minimum Gasteiger partial charge on any atom is -0.391 e. The average Bonchev–Trinajstić information content (AvgIpc) is 2.80. The highest BCUT2D eigenvalue weighted by atomic mass is 16.8. The second kappa shape index (κ2) is 7.38. The number of hydrogen-bond donors (Lipinski definition) is 2. The van der Waals surface area contributed by atoms with Crippen molar-refractivity contribution in [2.45, 2.75) is 63.9 Å². The van der Waals surface area contributed by atoms with Gasteiger partial charge in [-0.2, -0.15) is 0 Å². The van der Waals surface area contributed by atoms with E-state index in [4.69, 9.17) is 9.47 Å². The van der Waals surface area contributed by atoms with E-state index in [2.05, 4.69) is 24.0 Å². The highest BCUT2D eigenvalue weighted by Gasteiger charge is 2.46. The Bertz CT molecular complexity index is 472. The van der Waals surface area contributed by atoms with Gasteiger partial charge in [-0.15, -0.1) is 6.58 Å². The zero-order valence-electron chi connectivity index (χ0n) is 13.7. The first-order valence-corrected chi connectivity index (χ1v) is 7.85. The van der Waals surface area contributed by atoms with E-state index in [9.17, 15) is 5.11 Å². The number of nitrogens with one attached hydrogen (secondary N) is 1. The lowest BCUT2D eigenvalue weighted by Gasteiger charge is -2.28. The van der Waals surface area contributed by atoms with Crippen molar-refractivity contribution >= 4 is 0 Å². The Morgan fingerprint density at radius 1 is 1.27 bits per heavy atom. The Labute approximate surface area is 133 Å². The van der Waals surface area contributed by atoms with Gasteiger partial charge in [0.05, 0.1) is 6.10 Å². The van der Waals surface area contributed by atoms with E-state index in [0.29, 0.717) is 0 Å². The third-order valence-corrected chi connectivity index (χ3v) is 3.87. The standard InChI is InChI=1S/C18H27NO3/c1-5-9-15(19-12-14-10-7-6-8-11-14)17-16(13(2)20)21-18(3,4)22-17/h5-8,10-11,13,15-17,19-20H,1,9,12H2,2-4H3/t13-,15+,16-,17+/m1/s1. The van der Waals surface area contributed by atoms with Crippen LogP contribution >= 0.6 is 0 Å². The van der Waals surface area contributed by atoms with E-state index in [-0.39, 0.29) is 18.2 Å². The molecule has 2 N–H and O–H groups in total. The fraction of sp³-hybridized carbons (Fsp3) is 0.556. The maximum absolute atomic E-state index is 10.00. The molecule has 4 atom stereocenters. The fourth-order valence-corrected chi connectivity index (χ4v) is 2.86. The zero-order valence-corrected chi connectivity index (χ0v) is 13.7. The molecule has 1 heterocycles. The predicted molar refractivity (Wildman–Crippen MR) is 87.4 cm³/mol. The molecule has 1 aliphatic rings. The highest BCUT2D eigenvalue weighted by molar-refractivity contribution is 5.14. The Morgan fingerprint density at radius 3 is 2.50 bits per heavy atom. The molecule has 4 nitrogen and oxygen atoms in total. The molecule has 1 aromatic carbocycles. The number of rotatable bonds is 7. The van der Waals surface area contributed by atoms with E-state index in [1.165, 1.54) is 5.56 Å². The molecule has 4 heteroatoms. The van der Waals surface area contributed by atoms with Gasteiger partial charge in [0.1, 0.15) is 12.2 Å². The average molecular weight is 305 g/mol. The fourth-order valence-electron chi connectivity index (χ4n) is 2.86. The molecule has 0 amide bonds. The van der Waals surface area contributed by atoms with Gasteiger partial charge in [-0.05, 0) is 32.8 Å². The van der Waals surface area contributed by atoms with Crippen LogP contribution in [0.4, 0.5) is 0 Å². The van der Waals surface area contributed by atoms with Crippen molar-refractivity contribution < 1.29 is 14.6 Å². The van der Waals surface area contributed by atoms with E-state index < -0.39 is 11.9 Å². The summed E-state index contributed by atoms with van der Waals surface area (Å²) in [4.78, 5) is 0. The lowest BCUT2D eigenvalue weighted by molar-refractivity contribution is -0.155. The zero-order chi connectivity index (χ0) is 16.2. The van der Waals surface area contributed by atoms with E-state index in [1.54, 1.807) is 6.92 Å². The summed E-state index contributed by atoms with van der Waals surface area (Å²) in [5.74, 6) is -0.680. The Kier molecular flexibility index (Phi) is 5.75. The molecule has 0 unspecified atom stereocenters. The van der Waals surface area contributed by atoms with Crippen LogP contribution in [0.5, 0.6) is 0 Å². The minimum absolute atomic E-state index is 0.0408. The van der Waals surface area contributed by atoms with Crippen molar-refractivity contribution in [1.29, 1.82) is 0 Å². The number of benzene rings is 1. The van der Waals surface area contributed by atoms with Crippen molar-refractivity contribution in [2.75, 3.05) is 0 Å². The van der Waals surface area contributed by atoms with E-state index in [0.717, 1.165) is 13.0 Å². The Morgan fingerprint density at radius 2 is 1.91 bits per heavy atom. The Balaban J connectivity index is 2.07. The summed E-state index contributed by atoms with van der Waals surface area (Å²) in [5, 5.41) is 13.5. The summed E-state index contributed by atoms with van der Waals surface area (Å²) in [6, 6.07) is 10.3. The number of aliphatic hydroxyl groups excluding tert-OH is 1. The SMILES string of the molecule is C=CC[C@H](NCc1ccccc1)[C@@H]1OC(C)(C)O[C@@H]1[C@@H](C)O. The topological polar surface area (TPSA) is 50.7 Å². The Hall–Kier alpha value is -1.20. The van der Waals surface area contributed by atoms with Gasteiger partial charge >= 0.3 is 0 Å². The second-order valence-corrected chi connectivity index (χ2v) is 6.30. The summed E-state index contributed by atoms with van der Waals surface area (Å²) >= 11 is 0. The molecular weight excluding hydrogens is 278 g/mol. The lowest BCUT2D eigenvalue weighted by Crippen LogP contribution is -2.47. The summed E-state index contributed by atoms with van der Waals surface area (Å²) in [6.45, 7) is 10.1. The molecule has 0 aliphatic carbocycles. The van der Waals surface area contributed by atoms with Crippen molar-refractivity contribution in [3.05, 3.63) is 48.6 Å². The summed E-state index contributed by atoms with van der Waals surface area (Å²) < 4.78 is 11.9. The summed E-state index contributed by atoms with van der Waals surface area (Å²) in [7, 11) is 0. The van der Waals surface area contributed by atoms with Crippen molar-refractivity contribution in [1.82, 2.24) is 5.32 Å². The van der Waals surface area contributed by atoms with Gasteiger partial charge in [-0.25, -0.2) is 0 Å². The van der Waals surface area contributed by atoms with Gasteiger partial charge in [0.25, 0.3) is 0 Å². The summed E-state index contributed by atoms with van der Waals surface area (Å²) in [5.41, 5.74) is 1.21. The molecule has 1 fully saturated rings. The molecule has 0 radical (unpaired) electrons. The van der Waals surface area contributed by atoms with Gasteiger partial charge in [0.2, 0.25) is 0 Å². The van der Waals surface area contributed by atoms with Crippen LogP contribution < -0.4 is 5.32 Å². The van der Waals surface area contributed by atoms with Gasteiger partial charge in [0.15, 0.2) is 5.79 Å². The van der Waals surface area contributed by atoms with Crippen molar-refractivity contribution in [2.24, 2.45) is 0 Å². The lowest BCUT2D eigenvalue weighted by atomic mass is 9.99. The van der Waals surface area contributed by atoms with Crippen LogP contribution in [0.25, 0.3) is 0 Å². The maximum atomic E-state index is 10.00. The van der Waals surface area contributed by atoms with Gasteiger partial charge in [-0.1, -0.05) is 36.4 Å². The van der Waals surface area contributed by atoms with Crippen molar-refractivity contribution in [3.8, 4) is 0 Å². The number of hydrogen-bond acceptors (Lipinski definition) is 4. The molecule has 1 aromatic rings. The van der Waals surface area contributed by atoms with Crippen LogP contribution in [0.1, 0.15) is 32.8 Å². The molecule has 0 bridgehead atoms. The normalized spacial score (nSPS) is 26.5. The molecule has 2 rings (SSSR count). The predicted octanol–water partition coefficient (Wildman–Crippen LogP) is 2.62. The molecule has 1 saturated heterocycles. The highest BCUT2D eigenvalue weighted by Crippen LogP contribution is 2.32. The first-order valence-electron chi connectivity index (χ1n) is 7.85. The molecule has 0 saturated carbocycles. The van der Waals surface area contributed by atoms with E-state index in [1.807, 2.05) is 38.1 Å². The first kappa shape index (κ1) is 17.2. The largest absolute Gasteiger partial charge is 0.391 e. The van der Waals surface area contributed by atoms with Crippen LogP contribution in [0.3, 0.4) is 0 Å². The van der Waals surface area contributed by atoms with Crippen molar-refractivity contribution in [3.63, 3.8) is 0 Å². The van der Waals surface area contributed by atoms with E-state index >= 15 is 0 Å². The van der Waals surface area contributed by atoms with Crippen LogP contribution in [-0.4, -0.2) is 35.2 Å². The van der Waals surface area contributed by atoms with Gasteiger partial charge in [0, 0.05) is 12.6 Å². The molecular formula is C18H27NO3. The van der Waals surface area contributed by atoms with Crippen LogP contribution in [0.2, 0.25) is 0 Å². The first-order chi connectivity index (χ1) is 10.4. The molecule has 0 aromatic heterocycles. The van der Waals surface area contributed by atoms with Gasteiger partial charge in [-0.3, -0.25) is 0 Å². The monoisotopic (exact) mass is 305 g/mol.